The molecule has 0 unspecified atom stereocenters. The van der Waals surface area contributed by atoms with E-state index < -0.39 is 0 Å². The molecule has 2 heterocycles. The molecule has 0 atom stereocenters. The summed E-state index contributed by atoms with van der Waals surface area (Å²) in [6.07, 6.45) is 4.72. The lowest BCUT2D eigenvalue weighted by Gasteiger charge is -2.17. The summed E-state index contributed by atoms with van der Waals surface area (Å²) < 4.78 is 22.5. The third kappa shape index (κ3) is 4.89. The molecule has 0 aliphatic rings. The Morgan fingerprint density at radius 1 is 1.00 bits per heavy atom. The molecule has 0 aliphatic carbocycles. The second kappa shape index (κ2) is 10.3. The molecule has 0 spiro atoms. The van der Waals surface area contributed by atoms with Crippen LogP contribution in [0.3, 0.4) is 0 Å². The van der Waals surface area contributed by atoms with Gasteiger partial charge in [0.05, 0.1) is 38.3 Å². The van der Waals surface area contributed by atoms with Gasteiger partial charge < -0.3 is 23.9 Å². The molecular weight excluding hydrogens is 386 g/mol. The molecule has 3 aromatic rings. The number of nitrogens with one attached hydrogen (secondary N) is 1. The standard InChI is InChI=1S/C22H25N3O5/c1-4-27-18-12-15(13-19(28-5-2)21(18)29-6-3)22(26)25-14-16-20(24-10-9-23-16)17-8-7-11-30-17/h7-13H,4-6,14H2,1-3H3,(H,25,26). The highest BCUT2D eigenvalue weighted by molar-refractivity contribution is 5.95. The molecule has 1 amide bonds. The Labute approximate surface area is 175 Å². The Morgan fingerprint density at radius 2 is 1.67 bits per heavy atom. The van der Waals surface area contributed by atoms with Crippen molar-refractivity contribution in [1.82, 2.24) is 15.3 Å². The Morgan fingerprint density at radius 3 is 2.27 bits per heavy atom. The van der Waals surface area contributed by atoms with Crippen molar-refractivity contribution < 1.29 is 23.4 Å². The van der Waals surface area contributed by atoms with Crippen molar-refractivity contribution in [2.24, 2.45) is 0 Å². The number of hydrogen-bond acceptors (Lipinski definition) is 7. The number of hydrogen-bond donors (Lipinski definition) is 1. The zero-order valence-corrected chi connectivity index (χ0v) is 17.3. The van der Waals surface area contributed by atoms with Crippen molar-refractivity contribution in [2.75, 3.05) is 19.8 Å². The third-order valence-corrected chi connectivity index (χ3v) is 4.12. The lowest BCUT2D eigenvalue weighted by atomic mass is 10.1. The van der Waals surface area contributed by atoms with Gasteiger partial charge >= 0.3 is 0 Å². The largest absolute Gasteiger partial charge is 0.490 e. The maximum absolute atomic E-state index is 12.9. The topological polar surface area (TPSA) is 95.7 Å². The van der Waals surface area contributed by atoms with Crippen molar-refractivity contribution in [3.8, 4) is 28.7 Å². The molecule has 8 heteroatoms. The van der Waals surface area contributed by atoms with Crippen LogP contribution in [0, 0.1) is 0 Å². The van der Waals surface area contributed by atoms with Gasteiger partial charge in [-0.25, -0.2) is 4.98 Å². The first kappa shape index (κ1) is 21.2. The van der Waals surface area contributed by atoms with Crippen molar-refractivity contribution in [1.29, 1.82) is 0 Å². The second-order valence-electron chi connectivity index (χ2n) is 6.11. The Kier molecular flexibility index (Phi) is 7.26. The van der Waals surface area contributed by atoms with Gasteiger partial charge in [-0.2, -0.15) is 0 Å². The minimum Gasteiger partial charge on any atom is -0.490 e. The Balaban J connectivity index is 1.83. The third-order valence-electron chi connectivity index (χ3n) is 4.12. The fourth-order valence-electron chi connectivity index (χ4n) is 2.90. The number of amides is 1. The maximum atomic E-state index is 12.9. The van der Waals surface area contributed by atoms with E-state index in [2.05, 4.69) is 15.3 Å². The van der Waals surface area contributed by atoms with E-state index >= 15 is 0 Å². The van der Waals surface area contributed by atoms with Gasteiger partial charge in [0.1, 0.15) is 5.69 Å². The van der Waals surface area contributed by atoms with Crippen LogP contribution >= 0.6 is 0 Å². The minimum absolute atomic E-state index is 0.184. The molecule has 2 aromatic heterocycles. The maximum Gasteiger partial charge on any atom is 0.251 e. The number of furan rings is 1. The fraction of sp³-hybridized carbons (Fsp3) is 0.318. The van der Waals surface area contributed by atoms with E-state index in [0.29, 0.717) is 59.8 Å². The average Bonchev–Trinajstić information content (AvgIpc) is 3.29. The predicted molar refractivity (Wildman–Crippen MR) is 111 cm³/mol. The normalized spacial score (nSPS) is 10.5. The Bertz CT molecular complexity index is 946. The molecule has 0 radical (unpaired) electrons. The first-order chi connectivity index (χ1) is 14.7. The van der Waals surface area contributed by atoms with Crippen LogP contribution in [-0.2, 0) is 6.54 Å². The summed E-state index contributed by atoms with van der Waals surface area (Å²) in [4.78, 5) is 21.5. The zero-order valence-electron chi connectivity index (χ0n) is 17.3. The number of ether oxygens (including phenoxy) is 3. The quantitative estimate of drug-likeness (QED) is 0.541. The molecule has 3 rings (SSSR count). The van der Waals surface area contributed by atoms with Gasteiger partial charge in [0.15, 0.2) is 17.3 Å². The summed E-state index contributed by atoms with van der Waals surface area (Å²) in [5.41, 5.74) is 1.58. The van der Waals surface area contributed by atoms with Crippen LogP contribution in [0.4, 0.5) is 0 Å². The van der Waals surface area contributed by atoms with Crippen LogP contribution in [0.5, 0.6) is 17.2 Å². The molecule has 1 N–H and O–H groups in total. The SMILES string of the molecule is CCOc1cc(C(=O)NCc2nccnc2-c2ccco2)cc(OCC)c1OCC. The minimum atomic E-state index is -0.295. The van der Waals surface area contributed by atoms with E-state index in [1.807, 2.05) is 20.8 Å². The number of rotatable bonds is 10. The molecule has 0 saturated heterocycles. The van der Waals surface area contributed by atoms with Gasteiger partial charge in [0.25, 0.3) is 5.91 Å². The molecule has 8 nitrogen and oxygen atoms in total. The summed E-state index contributed by atoms with van der Waals surface area (Å²) in [7, 11) is 0. The Hall–Kier alpha value is -3.55. The molecule has 0 fully saturated rings. The summed E-state index contributed by atoms with van der Waals surface area (Å²) in [5.74, 6) is 1.71. The van der Waals surface area contributed by atoms with Crippen LogP contribution in [0.15, 0.2) is 47.3 Å². The highest BCUT2D eigenvalue weighted by Crippen LogP contribution is 2.39. The molecule has 0 aliphatic heterocycles. The summed E-state index contributed by atoms with van der Waals surface area (Å²) in [5, 5.41) is 2.87. The number of carbonyl (C=O) groups excluding carboxylic acids is 1. The second-order valence-corrected chi connectivity index (χ2v) is 6.11. The van der Waals surface area contributed by atoms with E-state index in [1.54, 1.807) is 42.9 Å². The van der Waals surface area contributed by atoms with Crippen molar-refractivity contribution in [3.05, 3.63) is 54.2 Å². The van der Waals surface area contributed by atoms with Gasteiger partial charge in [0, 0.05) is 18.0 Å². The summed E-state index contributed by atoms with van der Waals surface area (Å²) in [6.45, 7) is 7.12. The monoisotopic (exact) mass is 411 g/mol. The molecule has 0 saturated carbocycles. The molecule has 1 aromatic carbocycles. The van der Waals surface area contributed by atoms with Crippen LogP contribution < -0.4 is 19.5 Å². The number of benzene rings is 1. The molecule has 30 heavy (non-hydrogen) atoms. The summed E-state index contributed by atoms with van der Waals surface area (Å²) >= 11 is 0. The average molecular weight is 411 g/mol. The highest BCUT2D eigenvalue weighted by atomic mass is 16.5. The number of nitrogens with zero attached hydrogens (tertiary/aromatic N) is 2. The van der Waals surface area contributed by atoms with Crippen molar-refractivity contribution >= 4 is 5.91 Å². The van der Waals surface area contributed by atoms with Crippen molar-refractivity contribution in [2.45, 2.75) is 27.3 Å². The molecular formula is C22H25N3O5. The van der Waals surface area contributed by atoms with Gasteiger partial charge in [0.2, 0.25) is 5.75 Å². The van der Waals surface area contributed by atoms with Crippen LogP contribution in [0.25, 0.3) is 11.5 Å². The van der Waals surface area contributed by atoms with Gasteiger partial charge in [-0.3, -0.25) is 9.78 Å². The van der Waals surface area contributed by atoms with E-state index in [1.165, 1.54) is 0 Å². The lowest BCUT2D eigenvalue weighted by Crippen LogP contribution is -2.24. The smallest absolute Gasteiger partial charge is 0.251 e. The van der Waals surface area contributed by atoms with E-state index in [-0.39, 0.29) is 12.5 Å². The number of carbonyl (C=O) groups is 1. The lowest BCUT2D eigenvalue weighted by molar-refractivity contribution is 0.0949. The molecule has 0 bridgehead atoms. The first-order valence-corrected chi connectivity index (χ1v) is 9.86. The van der Waals surface area contributed by atoms with E-state index in [9.17, 15) is 4.79 Å². The van der Waals surface area contributed by atoms with E-state index in [4.69, 9.17) is 18.6 Å². The van der Waals surface area contributed by atoms with Gasteiger partial charge in [-0.1, -0.05) is 0 Å². The highest BCUT2D eigenvalue weighted by Gasteiger charge is 2.19. The number of aromatic nitrogens is 2. The van der Waals surface area contributed by atoms with Gasteiger partial charge in [-0.05, 0) is 45.0 Å². The first-order valence-electron chi connectivity index (χ1n) is 9.86. The van der Waals surface area contributed by atoms with Crippen LogP contribution in [-0.4, -0.2) is 35.7 Å². The van der Waals surface area contributed by atoms with E-state index in [0.717, 1.165) is 0 Å². The van der Waals surface area contributed by atoms with Crippen molar-refractivity contribution in [3.63, 3.8) is 0 Å². The van der Waals surface area contributed by atoms with Crippen LogP contribution in [0.2, 0.25) is 0 Å². The predicted octanol–water partition coefficient (Wildman–Crippen LogP) is 3.86. The van der Waals surface area contributed by atoms with Gasteiger partial charge in [-0.15, -0.1) is 0 Å². The molecule has 158 valence electrons. The fourth-order valence-corrected chi connectivity index (χ4v) is 2.90. The van der Waals surface area contributed by atoms with Crippen LogP contribution in [0.1, 0.15) is 36.8 Å². The zero-order chi connectivity index (χ0) is 21.3. The summed E-state index contributed by atoms with van der Waals surface area (Å²) in [6, 6.07) is 6.87.